The van der Waals surface area contributed by atoms with Crippen molar-refractivity contribution in [3.05, 3.63) is 46.4 Å². The van der Waals surface area contributed by atoms with Gasteiger partial charge in [-0.05, 0) is 59.3 Å². The quantitative estimate of drug-likeness (QED) is 0.472. The summed E-state index contributed by atoms with van der Waals surface area (Å²) in [5.74, 6) is 2.60. The van der Waals surface area contributed by atoms with Gasteiger partial charge in [-0.25, -0.2) is 0 Å². The maximum absolute atomic E-state index is 10.9. The van der Waals surface area contributed by atoms with Crippen molar-refractivity contribution in [3.8, 4) is 23.0 Å². The van der Waals surface area contributed by atoms with Gasteiger partial charge in [0, 0.05) is 5.56 Å². The number of halogens is 1. The maximum Gasteiger partial charge on any atom is 0.175 e. The summed E-state index contributed by atoms with van der Waals surface area (Å²) >= 11 is 3.40. The number of benzene rings is 2. The summed E-state index contributed by atoms with van der Waals surface area (Å²) in [4.78, 5) is 10.9. The Kier molecular flexibility index (Phi) is 6.93. The highest BCUT2D eigenvalue weighted by Crippen LogP contribution is 2.36. The minimum Gasteiger partial charge on any atom is -0.497 e. The molecule has 0 aliphatic rings. The third-order valence-electron chi connectivity index (χ3n) is 3.13. The van der Waals surface area contributed by atoms with Crippen LogP contribution in [0.25, 0.3) is 0 Å². The molecule has 0 saturated carbocycles. The summed E-state index contributed by atoms with van der Waals surface area (Å²) < 4.78 is 22.7. The van der Waals surface area contributed by atoms with E-state index < -0.39 is 0 Å². The Morgan fingerprint density at radius 1 is 1.00 bits per heavy atom. The molecule has 6 heteroatoms. The van der Waals surface area contributed by atoms with Crippen LogP contribution in [0.2, 0.25) is 0 Å². The fraction of sp³-hybridized carbons (Fsp3) is 0.278. The van der Waals surface area contributed by atoms with Crippen LogP contribution >= 0.6 is 15.9 Å². The fourth-order valence-corrected chi connectivity index (χ4v) is 2.61. The largest absolute Gasteiger partial charge is 0.497 e. The molecule has 0 aliphatic heterocycles. The summed E-state index contributed by atoms with van der Waals surface area (Å²) in [6.45, 7) is 3.07. The van der Waals surface area contributed by atoms with Crippen molar-refractivity contribution in [3.63, 3.8) is 0 Å². The van der Waals surface area contributed by atoms with Crippen LogP contribution in [-0.4, -0.2) is 33.2 Å². The van der Waals surface area contributed by atoms with Crippen LogP contribution in [0.5, 0.6) is 23.0 Å². The predicted molar refractivity (Wildman–Crippen MR) is 94.7 cm³/mol. The van der Waals surface area contributed by atoms with Gasteiger partial charge in [0.15, 0.2) is 11.5 Å². The van der Waals surface area contributed by atoms with Gasteiger partial charge in [0.05, 0.1) is 18.2 Å². The van der Waals surface area contributed by atoms with Gasteiger partial charge in [-0.2, -0.15) is 0 Å². The van der Waals surface area contributed by atoms with Gasteiger partial charge in [-0.1, -0.05) is 0 Å². The first-order valence-electron chi connectivity index (χ1n) is 7.49. The first-order valence-corrected chi connectivity index (χ1v) is 8.28. The van der Waals surface area contributed by atoms with Gasteiger partial charge in [-0.3, -0.25) is 4.79 Å². The van der Waals surface area contributed by atoms with Crippen molar-refractivity contribution in [1.82, 2.24) is 0 Å². The molecular weight excluding hydrogens is 376 g/mol. The topological polar surface area (TPSA) is 54.0 Å². The zero-order valence-electron chi connectivity index (χ0n) is 13.6. The van der Waals surface area contributed by atoms with E-state index in [1.807, 2.05) is 31.2 Å². The normalized spacial score (nSPS) is 10.1. The van der Waals surface area contributed by atoms with Crippen molar-refractivity contribution in [2.45, 2.75) is 6.92 Å². The third-order valence-corrected chi connectivity index (χ3v) is 3.71. The van der Waals surface area contributed by atoms with Gasteiger partial charge < -0.3 is 18.9 Å². The number of rotatable bonds is 9. The van der Waals surface area contributed by atoms with E-state index in [4.69, 9.17) is 18.9 Å². The van der Waals surface area contributed by atoms with Crippen LogP contribution < -0.4 is 18.9 Å². The molecule has 0 aromatic heterocycles. The van der Waals surface area contributed by atoms with Crippen LogP contribution in [0.4, 0.5) is 0 Å². The Hall–Kier alpha value is -2.21. The second kappa shape index (κ2) is 9.17. The molecule has 0 N–H and O–H groups in total. The van der Waals surface area contributed by atoms with Gasteiger partial charge >= 0.3 is 0 Å². The number of hydrogen-bond donors (Lipinski definition) is 0. The molecule has 0 radical (unpaired) electrons. The fourth-order valence-electron chi connectivity index (χ4n) is 2.03. The molecule has 24 heavy (non-hydrogen) atoms. The maximum atomic E-state index is 10.9. The summed E-state index contributed by atoms with van der Waals surface area (Å²) in [7, 11) is 1.62. The molecule has 0 amide bonds. The van der Waals surface area contributed by atoms with Crippen LogP contribution in [0.3, 0.4) is 0 Å². The molecule has 128 valence electrons. The van der Waals surface area contributed by atoms with Crippen LogP contribution in [0, 0.1) is 0 Å². The number of ether oxygens (including phenoxy) is 4. The van der Waals surface area contributed by atoms with E-state index in [1.54, 1.807) is 19.2 Å². The smallest absolute Gasteiger partial charge is 0.175 e. The third kappa shape index (κ3) is 4.89. The number of aldehydes is 1. The first-order chi connectivity index (χ1) is 11.7. The minimum atomic E-state index is 0.338. The van der Waals surface area contributed by atoms with Gasteiger partial charge in [0.25, 0.3) is 0 Å². The molecule has 2 rings (SSSR count). The lowest BCUT2D eigenvalue weighted by Crippen LogP contribution is -2.10. The lowest BCUT2D eigenvalue weighted by Gasteiger charge is -2.14. The van der Waals surface area contributed by atoms with E-state index in [0.717, 1.165) is 17.8 Å². The van der Waals surface area contributed by atoms with E-state index in [2.05, 4.69) is 15.9 Å². The van der Waals surface area contributed by atoms with E-state index in [-0.39, 0.29) is 0 Å². The van der Waals surface area contributed by atoms with Gasteiger partial charge in [0.1, 0.15) is 31.0 Å². The molecule has 0 heterocycles. The standard InChI is InChI=1S/C18H19BrO5/c1-3-22-17-11-13(12-20)10-16(19)18(17)24-9-8-23-15-6-4-14(21-2)5-7-15/h4-7,10-12H,3,8-9H2,1-2H3. The molecule has 2 aromatic rings. The van der Waals surface area contributed by atoms with E-state index in [1.165, 1.54) is 0 Å². The van der Waals surface area contributed by atoms with E-state index >= 15 is 0 Å². The molecule has 0 saturated heterocycles. The zero-order valence-corrected chi connectivity index (χ0v) is 15.2. The van der Waals surface area contributed by atoms with Gasteiger partial charge in [-0.15, -0.1) is 0 Å². The summed E-state index contributed by atoms with van der Waals surface area (Å²) in [6, 6.07) is 10.7. The Morgan fingerprint density at radius 2 is 1.67 bits per heavy atom. The van der Waals surface area contributed by atoms with Crippen LogP contribution in [0.15, 0.2) is 40.9 Å². The number of carbonyl (C=O) groups excluding carboxylic acids is 1. The highest BCUT2D eigenvalue weighted by molar-refractivity contribution is 9.10. The number of hydrogen-bond acceptors (Lipinski definition) is 5. The SMILES string of the molecule is CCOc1cc(C=O)cc(Br)c1OCCOc1ccc(OC)cc1. The Bertz CT molecular complexity index is 670. The van der Waals surface area contributed by atoms with Crippen LogP contribution in [0.1, 0.15) is 17.3 Å². The number of carbonyl (C=O) groups is 1. The highest BCUT2D eigenvalue weighted by Gasteiger charge is 2.12. The van der Waals surface area contributed by atoms with E-state index in [0.29, 0.717) is 41.4 Å². The van der Waals surface area contributed by atoms with E-state index in [9.17, 15) is 4.79 Å². The van der Waals surface area contributed by atoms with Crippen molar-refractivity contribution < 1.29 is 23.7 Å². The lowest BCUT2D eigenvalue weighted by atomic mass is 10.2. The zero-order chi connectivity index (χ0) is 17.4. The Labute approximate surface area is 149 Å². The Balaban J connectivity index is 1.94. The molecule has 5 nitrogen and oxygen atoms in total. The second-order valence-corrected chi connectivity index (χ2v) is 5.61. The molecule has 2 aromatic carbocycles. The summed E-state index contributed by atoms with van der Waals surface area (Å²) in [6.07, 6.45) is 0.768. The van der Waals surface area contributed by atoms with Crippen molar-refractivity contribution in [2.75, 3.05) is 26.9 Å². The minimum absolute atomic E-state index is 0.338. The van der Waals surface area contributed by atoms with Crippen molar-refractivity contribution in [1.29, 1.82) is 0 Å². The summed E-state index contributed by atoms with van der Waals surface area (Å²) in [5, 5.41) is 0. The molecule has 0 atom stereocenters. The predicted octanol–water partition coefficient (Wildman–Crippen LogP) is 4.13. The van der Waals surface area contributed by atoms with Gasteiger partial charge in [0.2, 0.25) is 0 Å². The van der Waals surface area contributed by atoms with Crippen molar-refractivity contribution >= 4 is 22.2 Å². The average molecular weight is 395 g/mol. The molecular formula is C18H19BrO5. The van der Waals surface area contributed by atoms with Crippen LogP contribution in [-0.2, 0) is 0 Å². The monoisotopic (exact) mass is 394 g/mol. The summed E-state index contributed by atoms with van der Waals surface area (Å²) in [5.41, 5.74) is 0.521. The molecule has 0 spiro atoms. The Morgan fingerprint density at radius 3 is 2.29 bits per heavy atom. The average Bonchev–Trinajstić information content (AvgIpc) is 2.60. The first kappa shape index (κ1) is 18.1. The molecule has 0 fully saturated rings. The molecule has 0 aliphatic carbocycles. The highest BCUT2D eigenvalue weighted by atomic mass is 79.9. The molecule has 0 bridgehead atoms. The molecule has 0 unspecified atom stereocenters. The van der Waals surface area contributed by atoms with Crippen molar-refractivity contribution in [2.24, 2.45) is 0 Å². The lowest BCUT2D eigenvalue weighted by molar-refractivity contribution is 0.112. The second-order valence-electron chi connectivity index (χ2n) is 4.75. The number of methoxy groups -OCH3 is 1.